The van der Waals surface area contributed by atoms with Crippen molar-refractivity contribution in [1.82, 2.24) is 24.1 Å². The number of hydrogen-bond acceptors (Lipinski definition) is 6. The molecule has 7 heteroatoms. The fourth-order valence-electron chi connectivity index (χ4n) is 3.21. The third-order valence-corrected chi connectivity index (χ3v) is 4.94. The molecule has 4 heterocycles. The molecule has 1 N–H and O–H groups in total. The van der Waals surface area contributed by atoms with Gasteiger partial charge in [-0.25, -0.2) is 4.98 Å². The van der Waals surface area contributed by atoms with E-state index in [2.05, 4.69) is 30.5 Å². The number of benzene rings is 1. The van der Waals surface area contributed by atoms with Crippen molar-refractivity contribution in [2.45, 2.75) is 13.5 Å². The summed E-state index contributed by atoms with van der Waals surface area (Å²) in [6.07, 6.45) is 0. The molecule has 4 aromatic rings. The van der Waals surface area contributed by atoms with Gasteiger partial charge in [0.15, 0.2) is 0 Å². The third-order valence-electron chi connectivity index (χ3n) is 4.25. The summed E-state index contributed by atoms with van der Waals surface area (Å²) >= 11 is 1.41. The highest BCUT2D eigenvalue weighted by Gasteiger charge is 2.25. The molecule has 0 saturated heterocycles. The lowest BCUT2D eigenvalue weighted by atomic mass is 10.1. The van der Waals surface area contributed by atoms with Gasteiger partial charge in [-0.1, -0.05) is 22.7 Å². The summed E-state index contributed by atoms with van der Waals surface area (Å²) in [5, 5.41) is 7.69. The van der Waals surface area contributed by atoms with Crippen LogP contribution in [0.4, 0.5) is 5.95 Å². The second kappa shape index (κ2) is 5.10. The molecular formula is C17H14N6S. The molecule has 1 aliphatic rings. The van der Waals surface area contributed by atoms with Crippen LogP contribution in [-0.2, 0) is 6.54 Å². The molecule has 0 bridgehead atoms. The van der Waals surface area contributed by atoms with Crippen LogP contribution in [-0.4, -0.2) is 30.7 Å². The topological polar surface area (TPSA) is 68.5 Å². The van der Waals surface area contributed by atoms with Gasteiger partial charge >= 0.3 is 0 Å². The van der Waals surface area contributed by atoms with Crippen molar-refractivity contribution < 1.29 is 0 Å². The van der Waals surface area contributed by atoms with E-state index in [-0.39, 0.29) is 0 Å². The van der Waals surface area contributed by atoms with Crippen LogP contribution in [0.5, 0.6) is 0 Å². The molecule has 118 valence electrons. The van der Waals surface area contributed by atoms with Crippen molar-refractivity contribution in [2.75, 3.05) is 11.9 Å². The predicted octanol–water partition coefficient (Wildman–Crippen LogP) is 3.35. The number of imidazole rings is 1. The molecule has 0 radical (unpaired) electrons. The monoisotopic (exact) mass is 334 g/mol. The number of aryl methyl sites for hydroxylation is 1. The highest BCUT2D eigenvalue weighted by atomic mass is 32.1. The van der Waals surface area contributed by atoms with E-state index in [1.54, 1.807) is 0 Å². The van der Waals surface area contributed by atoms with E-state index in [1.807, 2.05) is 37.3 Å². The van der Waals surface area contributed by atoms with E-state index in [4.69, 9.17) is 4.98 Å². The van der Waals surface area contributed by atoms with Crippen LogP contribution in [0.3, 0.4) is 0 Å². The van der Waals surface area contributed by atoms with Crippen LogP contribution in [0.2, 0.25) is 0 Å². The summed E-state index contributed by atoms with van der Waals surface area (Å²) < 4.78 is 7.41. The summed E-state index contributed by atoms with van der Waals surface area (Å²) in [4.78, 5) is 9.49. The summed E-state index contributed by atoms with van der Waals surface area (Å²) in [5.74, 6) is 0.892. The van der Waals surface area contributed by atoms with E-state index in [9.17, 15) is 0 Å². The number of nitrogens with zero attached hydrogens (tertiary/aromatic N) is 5. The summed E-state index contributed by atoms with van der Waals surface area (Å²) in [7, 11) is 0. The number of anilines is 1. The second-order valence-corrected chi connectivity index (χ2v) is 6.59. The van der Waals surface area contributed by atoms with Gasteiger partial charge in [-0.3, -0.25) is 4.98 Å². The zero-order valence-electron chi connectivity index (χ0n) is 13.0. The van der Waals surface area contributed by atoms with Crippen molar-refractivity contribution in [1.29, 1.82) is 0 Å². The Labute approximate surface area is 142 Å². The first kappa shape index (κ1) is 13.6. The maximum absolute atomic E-state index is 4.81. The normalized spacial score (nSPS) is 13.2. The molecule has 0 aliphatic carbocycles. The van der Waals surface area contributed by atoms with Crippen molar-refractivity contribution in [3.05, 3.63) is 42.1 Å². The van der Waals surface area contributed by atoms with Gasteiger partial charge in [-0.2, -0.15) is 0 Å². The highest BCUT2D eigenvalue weighted by Crippen LogP contribution is 2.38. The predicted molar refractivity (Wildman–Crippen MR) is 95.1 cm³/mol. The molecule has 0 amide bonds. The lowest BCUT2D eigenvalue weighted by Gasteiger charge is -2.08. The molecule has 24 heavy (non-hydrogen) atoms. The quantitative estimate of drug-likeness (QED) is 0.609. The average Bonchev–Trinajstić information content (AvgIpc) is 3.29. The van der Waals surface area contributed by atoms with Gasteiger partial charge < -0.3 is 9.88 Å². The minimum absolute atomic E-state index is 0.883. The van der Waals surface area contributed by atoms with E-state index in [1.165, 1.54) is 11.5 Å². The van der Waals surface area contributed by atoms with Crippen molar-refractivity contribution >= 4 is 27.7 Å². The van der Waals surface area contributed by atoms with Gasteiger partial charge in [0.1, 0.15) is 11.2 Å². The smallest absolute Gasteiger partial charge is 0.204 e. The highest BCUT2D eigenvalue weighted by molar-refractivity contribution is 7.13. The first-order valence-corrected chi connectivity index (χ1v) is 8.58. The lowest BCUT2D eigenvalue weighted by molar-refractivity contribution is 0.817. The summed E-state index contributed by atoms with van der Waals surface area (Å²) in [6.45, 7) is 3.77. The Morgan fingerprint density at radius 3 is 2.96 bits per heavy atom. The number of nitrogens with one attached hydrogen (secondary N) is 1. The number of hydrogen-bond donors (Lipinski definition) is 1. The van der Waals surface area contributed by atoms with Gasteiger partial charge in [0.25, 0.3) is 0 Å². The first-order valence-electron chi connectivity index (χ1n) is 7.81. The minimum Gasteiger partial charge on any atom is -0.354 e. The van der Waals surface area contributed by atoms with Gasteiger partial charge in [0.2, 0.25) is 5.95 Å². The van der Waals surface area contributed by atoms with Gasteiger partial charge in [-0.05, 0) is 36.7 Å². The van der Waals surface area contributed by atoms with Crippen molar-refractivity contribution in [3.8, 4) is 22.6 Å². The zero-order valence-corrected chi connectivity index (χ0v) is 13.8. The lowest BCUT2D eigenvalue weighted by Crippen LogP contribution is -2.00. The van der Waals surface area contributed by atoms with E-state index < -0.39 is 0 Å². The molecule has 3 aromatic heterocycles. The molecule has 0 fully saturated rings. The van der Waals surface area contributed by atoms with Crippen LogP contribution in [0.15, 0.2) is 36.4 Å². The van der Waals surface area contributed by atoms with Crippen LogP contribution < -0.4 is 5.32 Å². The van der Waals surface area contributed by atoms with E-state index >= 15 is 0 Å². The van der Waals surface area contributed by atoms with Crippen LogP contribution >= 0.6 is 11.5 Å². The van der Waals surface area contributed by atoms with Gasteiger partial charge in [0, 0.05) is 24.3 Å². The Kier molecular flexibility index (Phi) is 2.90. The van der Waals surface area contributed by atoms with Crippen LogP contribution in [0.1, 0.15) is 5.69 Å². The molecule has 5 rings (SSSR count). The van der Waals surface area contributed by atoms with Crippen molar-refractivity contribution in [3.63, 3.8) is 0 Å². The third kappa shape index (κ3) is 1.94. The molecule has 1 aliphatic heterocycles. The number of pyridine rings is 1. The fourth-order valence-corrected chi connectivity index (χ4v) is 3.79. The molecule has 0 atom stereocenters. The Hall–Kier alpha value is -2.80. The Morgan fingerprint density at radius 2 is 2.04 bits per heavy atom. The molecule has 0 spiro atoms. The number of aromatic nitrogens is 5. The van der Waals surface area contributed by atoms with Crippen LogP contribution in [0.25, 0.3) is 32.9 Å². The Bertz CT molecular complexity index is 1060. The number of rotatable bonds is 2. The molecule has 0 unspecified atom stereocenters. The summed E-state index contributed by atoms with van der Waals surface area (Å²) in [5.41, 5.74) is 5.79. The molecular weight excluding hydrogens is 320 g/mol. The van der Waals surface area contributed by atoms with Crippen LogP contribution in [0, 0.1) is 6.92 Å². The number of fused-ring (bicyclic) bond motifs is 2. The van der Waals surface area contributed by atoms with Gasteiger partial charge in [0.05, 0.1) is 16.1 Å². The van der Waals surface area contributed by atoms with E-state index in [0.29, 0.717) is 0 Å². The first-order chi connectivity index (χ1) is 11.8. The standard InChI is InChI=1S/C17H14N6S/c1-10-4-2-6-12(19-10)15-16(23-9-8-18-17(23)20-15)11-5-3-7-13-14(11)21-22-24-13/h2-7H,8-9H2,1H3,(H,18,20). The second-order valence-electron chi connectivity index (χ2n) is 5.80. The van der Waals surface area contributed by atoms with Gasteiger partial charge in [-0.15, -0.1) is 5.10 Å². The largest absolute Gasteiger partial charge is 0.354 e. The van der Waals surface area contributed by atoms with Crippen molar-refractivity contribution in [2.24, 2.45) is 0 Å². The Balaban J connectivity index is 1.83. The SMILES string of the molecule is Cc1cccc(-c2nc3n(c2-c2cccc4snnc24)CCN3)n1. The average molecular weight is 334 g/mol. The Morgan fingerprint density at radius 1 is 1.12 bits per heavy atom. The van der Waals surface area contributed by atoms with E-state index in [0.717, 1.165) is 57.6 Å². The maximum Gasteiger partial charge on any atom is 0.204 e. The molecule has 1 aromatic carbocycles. The summed E-state index contributed by atoms with van der Waals surface area (Å²) in [6, 6.07) is 12.2. The zero-order chi connectivity index (χ0) is 16.1. The maximum atomic E-state index is 4.81. The molecule has 0 saturated carbocycles. The minimum atomic E-state index is 0.883. The fraction of sp³-hybridized carbons (Fsp3) is 0.176. The molecule has 6 nitrogen and oxygen atoms in total.